The summed E-state index contributed by atoms with van der Waals surface area (Å²) in [4.78, 5) is 11.7. The van der Waals surface area contributed by atoms with E-state index in [9.17, 15) is 4.79 Å². The maximum Gasteiger partial charge on any atom is 0.222 e. The number of hydrogen-bond donors (Lipinski definition) is 2. The highest BCUT2D eigenvalue weighted by Crippen LogP contribution is 2.29. The molecule has 0 bridgehead atoms. The predicted molar refractivity (Wildman–Crippen MR) is 88.2 cm³/mol. The van der Waals surface area contributed by atoms with Crippen LogP contribution in [0.3, 0.4) is 0 Å². The standard InChI is InChI=1S/C16H24N6O/c1-3-13-8-14(15-20-19-10-22(15)21-13)18-9-11-4-6-12(7-5-11)16(23)17-2/h8,10-12,18H,3-7,9H2,1-2H3,(H,17,23). The fraction of sp³-hybridized carbons (Fsp3) is 0.625. The zero-order valence-electron chi connectivity index (χ0n) is 13.7. The van der Waals surface area contributed by atoms with Crippen LogP contribution in [0.1, 0.15) is 38.3 Å². The number of aromatic nitrogens is 4. The van der Waals surface area contributed by atoms with E-state index < -0.39 is 0 Å². The first kappa shape index (κ1) is 15.7. The molecule has 1 saturated carbocycles. The summed E-state index contributed by atoms with van der Waals surface area (Å²) in [5.74, 6) is 0.965. The Balaban J connectivity index is 1.61. The average Bonchev–Trinajstić information content (AvgIpc) is 3.07. The lowest BCUT2D eigenvalue weighted by Crippen LogP contribution is -2.32. The summed E-state index contributed by atoms with van der Waals surface area (Å²) in [5.41, 5.74) is 2.77. The molecule has 0 aliphatic heterocycles. The molecule has 0 atom stereocenters. The molecule has 7 heteroatoms. The van der Waals surface area contributed by atoms with E-state index in [1.807, 2.05) is 0 Å². The third kappa shape index (κ3) is 3.43. The van der Waals surface area contributed by atoms with Crippen molar-refractivity contribution in [2.75, 3.05) is 18.9 Å². The molecule has 0 spiro atoms. The molecule has 1 fully saturated rings. The number of nitrogens with zero attached hydrogens (tertiary/aromatic N) is 4. The second kappa shape index (κ2) is 6.93. The van der Waals surface area contributed by atoms with E-state index >= 15 is 0 Å². The van der Waals surface area contributed by atoms with Crippen LogP contribution in [0.15, 0.2) is 12.4 Å². The number of anilines is 1. The molecule has 2 aromatic heterocycles. The highest BCUT2D eigenvalue weighted by Gasteiger charge is 2.25. The van der Waals surface area contributed by atoms with Crippen LogP contribution in [0.2, 0.25) is 0 Å². The van der Waals surface area contributed by atoms with Crippen LogP contribution < -0.4 is 10.6 Å². The molecule has 0 unspecified atom stereocenters. The van der Waals surface area contributed by atoms with Crippen LogP contribution in [-0.2, 0) is 11.2 Å². The van der Waals surface area contributed by atoms with Gasteiger partial charge >= 0.3 is 0 Å². The predicted octanol–water partition coefficient (Wildman–Crippen LogP) is 1.65. The largest absolute Gasteiger partial charge is 0.382 e. The van der Waals surface area contributed by atoms with E-state index in [1.54, 1.807) is 17.9 Å². The van der Waals surface area contributed by atoms with Crippen LogP contribution in [0, 0.1) is 11.8 Å². The molecule has 0 aromatic carbocycles. The smallest absolute Gasteiger partial charge is 0.222 e. The Bertz CT molecular complexity index is 674. The summed E-state index contributed by atoms with van der Waals surface area (Å²) in [6.07, 6.45) is 6.62. The summed E-state index contributed by atoms with van der Waals surface area (Å²) >= 11 is 0. The quantitative estimate of drug-likeness (QED) is 0.876. The molecule has 0 saturated heterocycles. The SMILES string of the molecule is CCc1cc(NCC2CCC(C(=O)NC)CC2)c2nncn2n1. The Morgan fingerprint density at radius 1 is 1.35 bits per heavy atom. The molecule has 1 aliphatic carbocycles. The van der Waals surface area contributed by atoms with Gasteiger partial charge in [-0.2, -0.15) is 9.61 Å². The average molecular weight is 316 g/mol. The van der Waals surface area contributed by atoms with Gasteiger partial charge in [-0.15, -0.1) is 10.2 Å². The molecular formula is C16H24N6O. The van der Waals surface area contributed by atoms with Gasteiger partial charge in [-0.25, -0.2) is 0 Å². The lowest BCUT2D eigenvalue weighted by Gasteiger charge is -2.27. The van der Waals surface area contributed by atoms with Gasteiger partial charge in [-0.1, -0.05) is 6.92 Å². The topological polar surface area (TPSA) is 84.2 Å². The molecule has 2 aromatic rings. The first-order chi connectivity index (χ1) is 11.2. The first-order valence-corrected chi connectivity index (χ1v) is 8.36. The van der Waals surface area contributed by atoms with E-state index in [4.69, 9.17) is 0 Å². The third-order valence-corrected chi connectivity index (χ3v) is 4.73. The number of hydrogen-bond acceptors (Lipinski definition) is 5. The van der Waals surface area contributed by atoms with E-state index in [-0.39, 0.29) is 11.8 Å². The minimum absolute atomic E-state index is 0.184. The van der Waals surface area contributed by atoms with Crippen molar-refractivity contribution in [3.8, 4) is 0 Å². The number of amides is 1. The van der Waals surface area contributed by atoms with Gasteiger partial charge in [0.1, 0.15) is 6.33 Å². The monoisotopic (exact) mass is 316 g/mol. The van der Waals surface area contributed by atoms with Gasteiger partial charge in [-0.3, -0.25) is 4.79 Å². The van der Waals surface area contributed by atoms with Gasteiger partial charge in [0.05, 0.1) is 11.4 Å². The summed E-state index contributed by atoms with van der Waals surface area (Å²) < 4.78 is 1.73. The summed E-state index contributed by atoms with van der Waals surface area (Å²) in [5, 5.41) is 18.8. The number of fused-ring (bicyclic) bond motifs is 1. The molecule has 7 nitrogen and oxygen atoms in total. The summed E-state index contributed by atoms with van der Waals surface area (Å²) in [7, 11) is 1.72. The molecule has 1 amide bonds. The van der Waals surface area contributed by atoms with Crippen LogP contribution in [0.5, 0.6) is 0 Å². The second-order valence-corrected chi connectivity index (χ2v) is 6.21. The number of rotatable bonds is 5. The number of carbonyl (C=O) groups excluding carboxylic acids is 1. The van der Waals surface area contributed by atoms with Gasteiger partial charge < -0.3 is 10.6 Å². The lowest BCUT2D eigenvalue weighted by atomic mass is 9.81. The van der Waals surface area contributed by atoms with Gasteiger partial charge in [0, 0.05) is 19.5 Å². The minimum Gasteiger partial charge on any atom is -0.382 e. The van der Waals surface area contributed by atoms with Crippen molar-refractivity contribution in [3.63, 3.8) is 0 Å². The Kier molecular flexibility index (Phi) is 4.73. The van der Waals surface area contributed by atoms with Gasteiger partial charge in [0.2, 0.25) is 11.6 Å². The Morgan fingerprint density at radius 3 is 2.83 bits per heavy atom. The Hall–Kier alpha value is -2.18. The number of carbonyl (C=O) groups is 1. The number of nitrogens with one attached hydrogen (secondary N) is 2. The summed E-state index contributed by atoms with van der Waals surface area (Å²) in [6, 6.07) is 2.06. The van der Waals surface area contributed by atoms with Crippen molar-refractivity contribution in [3.05, 3.63) is 18.1 Å². The lowest BCUT2D eigenvalue weighted by molar-refractivity contribution is -0.125. The Morgan fingerprint density at radius 2 is 2.13 bits per heavy atom. The minimum atomic E-state index is 0.184. The third-order valence-electron chi connectivity index (χ3n) is 4.73. The van der Waals surface area contributed by atoms with Crippen molar-refractivity contribution in [2.45, 2.75) is 39.0 Å². The first-order valence-electron chi connectivity index (χ1n) is 8.36. The highest BCUT2D eigenvalue weighted by atomic mass is 16.1. The van der Waals surface area contributed by atoms with Crippen LogP contribution in [0.25, 0.3) is 5.65 Å². The zero-order chi connectivity index (χ0) is 16.2. The van der Waals surface area contributed by atoms with Crippen LogP contribution >= 0.6 is 0 Å². The maximum atomic E-state index is 11.7. The van der Waals surface area contributed by atoms with Crippen LogP contribution in [-0.4, -0.2) is 39.3 Å². The van der Waals surface area contributed by atoms with Crippen molar-refractivity contribution in [2.24, 2.45) is 11.8 Å². The van der Waals surface area contributed by atoms with E-state index in [2.05, 4.69) is 38.9 Å². The molecule has 3 rings (SSSR count). The molecule has 2 heterocycles. The van der Waals surface area contributed by atoms with E-state index in [0.717, 1.165) is 55.7 Å². The highest BCUT2D eigenvalue weighted by molar-refractivity contribution is 5.78. The van der Waals surface area contributed by atoms with Gasteiger partial charge in [-0.05, 0) is 44.1 Å². The number of aryl methyl sites for hydroxylation is 1. The second-order valence-electron chi connectivity index (χ2n) is 6.21. The summed E-state index contributed by atoms with van der Waals surface area (Å²) in [6.45, 7) is 2.98. The fourth-order valence-electron chi connectivity index (χ4n) is 3.27. The maximum absolute atomic E-state index is 11.7. The Labute approximate surface area is 135 Å². The van der Waals surface area contributed by atoms with Crippen molar-refractivity contribution < 1.29 is 4.79 Å². The van der Waals surface area contributed by atoms with Gasteiger partial charge in [0.25, 0.3) is 0 Å². The van der Waals surface area contributed by atoms with Gasteiger partial charge in [0.15, 0.2) is 0 Å². The zero-order valence-corrected chi connectivity index (χ0v) is 13.7. The van der Waals surface area contributed by atoms with Crippen molar-refractivity contribution in [1.82, 2.24) is 25.1 Å². The van der Waals surface area contributed by atoms with Crippen LogP contribution in [0.4, 0.5) is 5.69 Å². The fourth-order valence-corrected chi connectivity index (χ4v) is 3.27. The van der Waals surface area contributed by atoms with E-state index in [0.29, 0.717) is 5.92 Å². The molecule has 0 radical (unpaired) electrons. The molecule has 23 heavy (non-hydrogen) atoms. The molecule has 2 N–H and O–H groups in total. The normalized spacial score (nSPS) is 21.3. The molecular weight excluding hydrogens is 292 g/mol. The molecule has 124 valence electrons. The molecule has 1 aliphatic rings. The van der Waals surface area contributed by atoms with E-state index in [1.165, 1.54) is 0 Å². The van der Waals surface area contributed by atoms with Crippen molar-refractivity contribution >= 4 is 17.2 Å². The van der Waals surface area contributed by atoms with Crippen molar-refractivity contribution in [1.29, 1.82) is 0 Å².